The lowest BCUT2D eigenvalue weighted by atomic mass is 9.33. The fraction of sp³-hybridized carbons (Fsp3) is 0.400. The number of nitrogens with zero attached hydrogens (tertiary/aromatic N) is 3. The Morgan fingerprint density at radius 2 is 0.774 bits per heavy atom. The summed E-state index contributed by atoms with van der Waals surface area (Å²) in [6.07, 6.45) is 7.00. The predicted octanol–water partition coefficient (Wildman–Crippen LogP) is 20.4. The highest BCUT2D eigenvalue weighted by Crippen LogP contribution is 2.63. The van der Waals surface area contributed by atoms with E-state index in [1.807, 2.05) is 0 Å². The Hall–Kier alpha value is -6.78. The Labute approximate surface area is 506 Å². The molecule has 1 saturated carbocycles. The Morgan fingerprint density at radius 3 is 1.27 bits per heavy atom. The van der Waals surface area contributed by atoms with Gasteiger partial charge in [-0.05, 0) is 186 Å². The van der Waals surface area contributed by atoms with Crippen molar-refractivity contribution in [3.05, 3.63) is 197 Å². The summed E-state index contributed by atoms with van der Waals surface area (Å²) >= 11 is 0. The normalized spacial score (nSPS) is 20.4. The van der Waals surface area contributed by atoms with E-state index in [1.54, 1.807) is 0 Å². The van der Waals surface area contributed by atoms with Crippen LogP contribution in [0.3, 0.4) is 0 Å². The van der Waals surface area contributed by atoms with Crippen LogP contribution in [0, 0.1) is 0 Å². The van der Waals surface area contributed by atoms with Crippen molar-refractivity contribution in [3.63, 3.8) is 0 Å². The molecule has 3 heterocycles. The molecule has 8 aromatic rings. The van der Waals surface area contributed by atoms with E-state index >= 15 is 0 Å². The van der Waals surface area contributed by atoms with E-state index in [4.69, 9.17) is 0 Å². The van der Waals surface area contributed by atoms with Gasteiger partial charge in [0, 0.05) is 50.7 Å². The van der Waals surface area contributed by atoms with Crippen molar-refractivity contribution < 1.29 is 0 Å². The third-order valence-electron chi connectivity index (χ3n) is 21.5. The molecule has 0 radical (unpaired) electrons. The maximum atomic E-state index is 2.87. The van der Waals surface area contributed by atoms with Crippen molar-refractivity contribution in [2.45, 2.75) is 207 Å². The first-order chi connectivity index (χ1) is 39.4. The molecule has 2 atom stereocenters. The van der Waals surface area contributed by atoms with E-state index in [2.05, 4.69) is 297 Å². The van der Waals surface area contributed by atoms with Crippen LogP contribution in [0.1, 0.15) is 202 Å². The smallest absolute Gasteiger partial charge is 0.252 e. The number of hydrogen-bond donors (Lipinski definition) is 0. The summed E-state index contributed by atoms with van der Waals surface area (Å²) < 4.78 is 0. The van der Waals surface area contributed by atoms with Crippen LogP contribution in [-0.4, -0.2) is 12.3 Å². The van der Waals surface area contributed by atoms with Gasteiger partial charge in [0.2, 0.25) is 0 Å². The fourth-order valence-corrected chi connectivity index (χ4v) is 15.9. The summed E-state index contributed by atoms with van der Waals surface area (Å²) in [5.41, 5.74) is 28.6. The van der Waals surface area contributed by atoms with Crippen LogP contribution in [0.4, 0.5) is 45.5 Å². The van der Waals surface area contributed by atoms with Gasteiger partial charge in [-0.25, -0.2) is 0 Å². The van der Waals surface area contributed by atoms with Crippen LogP contribution in [-0.2, 0) is 37.9 Å². The highest BCUT2D eigenvalue weighted by atomic mass is 15.3. The van der Waals surface area contributed by atoms with Crippen molar-refractivity contribution in [1.82, 2.24) is 0 Å². The van der Waals surface area contributed by atoms with E-state index in [1.165, 1.54) is 136 Å². The number of fused-ring (bicyclic) bond motifs is 8. The van der Waals surface area contributed by atoms with Gasteiger partial charge in [-0.3, -0.25) is 0 Å². The van der Waals surface area contributed by atoms with E-state index in [0.29, 0.717) is 0 Å². The molecule has 5 aliphatic rings. The van der Waals surface area contributed by atoms with Gasteiger partial charge in [0.1, 0.15) is 0 Å². The highest BCUT2D eigenvalue weighted by molar-refractivity contribution is 7.00. The molecule has 3 aliphatic heterocycles. The molecule has 13 rings (SSSR count). The average molecular weight is 1110 g/mol. The highest BCUT2D eigenvalue weighted by Gasteiger charge is 2.59. The minimum atomic E-state index is -0.192. The maximum Gasteiger partial charge on any atom is 0.252 e. The minimum Gasteiger partial charge on any atom is -0.334 e. The second kappa shape index (κ2) is 18.9. The molecule has 3 nitrogen and oxygen atoms in total. The van der Waals surface area contributed by atoms with Gasteiger partial charge in [-0.15, -0.1) is 0 Å². The SMILES string of the molecule is CC(C)(C)c1ccc2c(c1)B1c3cc4c(cc3N(c3ccc(C(C)(C)C)cc3-c3ccccc3)c3cc(N5c6ccc(C(C)(C)C)cc6C6(C)CCCCC56C)cc(c31)N2c1ccc(C(C)(C)C)cc1-c1ccccc1)C(C)(C)CCC4(C)C. The predicted molar refractivity (Wildman–Crippen MR) is 364 cm³/mol. The monoisotopic (exact) mass is 1110 g/mol. The molecule has 4 heteroatoms. The quantitative estimate of drug-likeness (QED) is 0.159. The summed E-state index contributed by atoms with van der Waals surface area (Å²) in [6.45, 7) is 43.7. The first-order valence-electron chi connectivity index (χ1n) is 31.9. The summed E-state index contributed by atoms with van der Waals surface area (Å²) in [5, 5.41) is 0. The van der Waals surface area contributed by atoms with Gasteiger partial charge in [0.15, 0.2) is 0 Å². The second-order valence-electron chi connectivity index (χ2n) is 32.1. The van der Waals surface area contributed by atoms with E-state index in [0.717, 1.165) is 25.7 Å². The Morgan fingerprint density at radius 1 is 0.357 bits per heavy atom. The van der Waals surface area contributed by atoms with Crippen molar-refractivity contribution >= 4 is 68.6 Å². The van der Waals surface area contributed by atoms with E-state index in [-0.39, 0.29) is 50.2 Å². The molecule has 0 amide bonds. The summed E-state index contributed by atoms with van der Waals surface area (Å²) in [7, 11) is 0. The van der Waals surface area contributed by atoms with Crippen LogP contribution < -0.4 is 31.1 Å². The van der Waals surface area contributed by atoms with Crippen molar-refractivity contribution in [2.75, 3.05) is 14.7 Å². The molecule has 0 saturated heterocycles. The molecule has 8 aromatic carbocycles. The zero-order valence-electron chi connectivity index (χ0n) is 54.2. The molecule has 0 aromatic heterocycles. The third kappa shape index (κ3) is 8.70. The molecule has 2 unspecified atom stereocenters. The average Bonchev–Trinajstić information content (AvgIpc) is 1.10. The van der Waals surface area contributed by atoms with Crippen molar-refractivity contribution in [2.24, 2.45) is 0 Å². The molecule has 0 N–H and O–H groups in total. The standard InChI is InChI=1S/C80H92BN3/c1-73(2,3)53-31-35-65(58(43-53)51-27-21-19-22-28-51)82-68-38-34-56(76(10,11)12)46-63(68)81-64-49-60-61(78(15,16)42-41-77(60,13)14)50-69(64)83(66-36-32-54(74(4,5)6)44-59(66)52-29-23-20-24-30-52)71-48-57(47-70(82)72(71)81)84-67-37-33-55(75(7,8)9)45-62(67)79(17)39-25-26-40-80(79,84)18/h19-24,27-38,43-50H,25-26,39-42H2,1-18H3. The summed E-state index contributed by atoms with van der Waals surface area (Å²) in [4.78, 5) is 8.37. The zero-order valence-corrected chi connectivity index (χ0v) is 54.2. The van der Waals surface area contributed by atoms with Crippen LogP contribution in [0.25, 0.3) is 22.3 Å². The largest absolute Gasteiger partial charge is 0.334 e. The summed E-state index contributed by atoms with van der Waals surface area (Å²) in [6, 6.07) is 63.3. The van der Waals surface area contributed by atoms with Crippen LogP contribution in [0.15, 0.2) is 158 Å². The van der Waals surface area contributed by atoms with E-state index < -0.39 is 0 Å². The first-order valence-corrected chi connectivity index (χ1v) is 31.9. The molecule has 2 aliphatic carbocycles. The minimum absolute atomic E-state index is 0.00446. The van der Waals surface area contributed by atoms with Gasteiger partial charge in [-0.1, -0.05) is 234 Å². The summed E-state index contributed by atoms with van der Waals surface area (Å²) in [5.74, 6) is 0. The Balaban J connectivity index is 1.23. The molecule has 0 bridgehead atoms. The maximum absolute atomic E-state index is 2.87. The van der Waals surface area contributed by atoms with E-state index in [9.17, 15) is 0 Å². The number of hydrogen-bond acceptors (Lipinski definition) is 3. The molecule has 0 spiro atoms. The first kappa shape index (κ1) is 56.4. The molecular weight excluding hydrogens is 1010 g/mol. The Bertz CT molecular complexity index is 3950. The number of benzene rings is 8. The van der Waals surface area contributed by atoms with Gasteiger partial charge in [-0.2, -0.15) is 0 Å². The van der Waals surface area contributed by atoms with Gasteiger partial charge in [0.25, 0.3) is 6.71 Å². The topological polar surface area (TPSA) is 9.72 Å². The zero-order chi connectivity index (χ0) is 59.6. The lowest BCUT2D eigenvalue weighted by molar-refractivity contribution is 0.195. The molecular formula is C80H92BN3. The number of rotatable bonds is 5. The van der Waals surface area contributed by atoms with Crippen LogP contribution >= 0.6 is 0 Å². The fourth-order valence-electron chi connectivity index (χ4n) is 15.9. The van der Waals surface area contributed by atoms with Crippen molar-refractivity contribution in [1.29, 1.82) is 0 Å². The van der Waals surface area contributed by atoms with Gasteiger partial charge < -0.3 is 14.7 Å². The van der Waals surface area contributed by atoms with Crippen LogP contribution in [0.2, 0.25) is 0 Å². The third-order valence-corrected chi connectivity index (χ3v) is 21.5. The molecule has 84 heavy (non-hydrogen) atoms. The lowest BCUT2D eigenvalue weighted by Crippen LogP contribution is -2.62. The second-order valence-corrected chi connectivity index (χ2v) is 32.1. The van der Waals surface area contributed by atoms with Gasteiger partial charge >= 0.3 is 0 Å². The van der Waals surface area contributed by atoms with Crippen LogP contribution in [0.5, 0.6) is 0 Å². The van der Waals surface area contributed by atoms with Gasteiger partial charge in [0.05, 0.1) is 16.9 Å². The molecule has 430 valence electrons. The lowest BCUT2D eigenvalue weighted by Gasteiger charge is -2.51. The Kier molecular flexibility index (Phi) is 12.7. The number of anilines is 8. The molecule has 1 fully saturated rings. The van der Waals surface area contributed by atoms with Crippen molar-refractivity contribution in [3.8, 4) is 22.3 Å².